The first-order chi connectivity index (χ1) is 12.6. The van der Waals surface area contributed by atoms with Crippen LogP contribution < -0.4 is 27.4 Å². The van der Waals surface area contributed by atoms with Crippen molar-refractivity contribution in [2.45, 2.75) is 44.3 Å². The van der Waals surface area contributed by atoms with Crippen LogP contribution >= 0.6 is 11.8 Å². The molecule has 12 heteroatoms. The monoisotopic (exact) mass is 405 g/mol. The van der Waals surface area contributed by atoms with Gasteiger partial charge in [0, 0.05) is 6.42 Å². The molecule has 0 aromatic heterocycles. The lowest BCUT2D eigenvalue weighted by Crippen LogP contribution is -2.52. The van der Waals surface area contributed by atoms with E-state index in [1.54, 1.807) is 11.8 Å². The Balaban J connectivity index is 4.39. The second kappa shape index (κ2) is 12.9. The van der Waals surface area contributed by atoms with Crippen molar-refractivity contribution < 1.29 is 29.1 Å². The number of aliphatic carboxylic acids is 1. The maximum absolute atomic E-state index is 12.0. The Bertz CT molecular complexity index is 559. The van der Waals surface area contributed by atoms with Gasteiger partial charge in [0.15, 0.2) is 0 Å². The molecule has 0 aromatic rings. The molecule has 0 aliphatic rings. The molecule has 4 amide bonds. The Labute approximate surface area is 161 Å². The third-order valence-electron chi connectivity index (χ3n) is 3.46. The van der Waals surface area contributed by atoms with Crippen molar-refractivity contribution in [3.05, 3.63) is 0 Å². The zero-order chi connectivity index (χ0) is 21.0. The van der Waals surface area contributed by atoms with E-state index in [1.165, 1.54) is 6.92 Å². The molecule has 8 N–H and O–H groups in total. The van der Waals surface area contributed by atoms with E-state index in [9.17, 15) is 24.0 Å². The first kappa shape index (κ1) is 24.7. The first-order valence-electron chi connectivity index (χ1n) is 8.21. The number of hydrogen-bond acceptors (Lipinski definition) is 7. The first-order valence-corrected chi connectivity index (χ1v) is 9.60. The third kappa shape index (κ3) is 11.1. The van der Waals surface area contributed by atoms with Crippen LogP contribution in [-0.4, -0.2) is 71.4 Å². The lowest BCUT2D eigenvalue weighted by molar-refractivity contribution is -0.142. The number of nitrogens with two attached hydrogens (primary N) is 2. The van der Waals surface area contributed by atoms with Gasteiger partial charge in [0.25, 0.3) is 0 Å². The maximum atomic E-state index is 12.0. The van der Waals surface area contributed by atoms with Crippen LogP contribution in [0.2, 0.25) is 0 Å². The number of primary amides is 1. The number of rotatable bonds is 13. The molecule has 0 aromatic carbocycles. The molecular weight excluding hydrogens is 378 g/mol. The van der Waals surface area contributed by atoms with E-state index in [0.29, 0.717) is 12.2 Å². The number of hydrogen-bond donors (Lipinski definition) is 6. The predicted molar refractivity (Wildman–Crippen MR) is 99.6 cm³/mol. The number of carboxylic acids is 1. The number of thioether (sulfide) groups is 1. The third-order valence-corrected chi connectivity index (χ3v) is 4.10. The van der Waals surface area contributed by atoms with Crippen molar-refractivity contribution in [1.82, 2.24) is 16.0 Å². The lowest BCUT2D eigenvalue weighted by atomic mass is 10.1. The van der Waals surface area contributed by atoms with E-state index in [4.69, 9.17) is 16.6 Å². The highest BCUT2D eigenvalue weighted by Crippen LogP contribution is 1.99. The predicted octanol–water partition coefficient (Wildman–Crippen LogP) is -2.48. The molecule has 3 atom stereocenters. The molecule has 0 heterocycles. The Morgan fingerprint density at radius 3 is 2.22 bits per heavy atom. The summed E-state index contributed by atoms with van der Waals surface area (Å²) in [5.41, 5.74) is 10.6. The SMILES string of the molecule is CSCCC(N)C(=O)NCC(=O)NC(C)C(=O)NC(CCC(N)=O)C(=O)O. The number of nitrogens with one attached hydrogen (secondary N) is 3. The van der Waals surface area contributed by atoms with E-state index in [-0.39, 0.29) is 19.4 Å². The van der Waals surface area contributed by atoms with Crippen LogP contribution in [0.5, 0.6) is 0 Å². The fourth-order valence-corrected chi connectivity index (χ4v) is 2.36. The Morgan fingerprint density at radius 1 is 1.07 bits per heavy atom. The summed E-state index contributed by atoms with van der Waals surface area (Å²) < 4.78 is 0. The largest absolute Gasteiger partial charge is 0.480 e. The van der Waals surface area contributed by atoms with Crippen LogP contribution in [0.25, 0.3) is 0 Å². The second-order valence-corrected chi connectivity index (χ2v) is 6.78. The van der Waals surface area contributed by atoms with Crippen molar-refractivity contribution in [1.29, 1.82) is 0 Å². The van der Waals surface area contributed by atoms with Crippen molar-refractivity contribution in [2.75, 3.05) is 18.6 Å². The van der Waals surface area contributed by atoms with Gasteiger partial charge in [-0.15, -0.1) is 0 Å². The molecule has 0 fully saturated rings. The van der Waals surface area contributed by atoms with E-state index in [2.05, 4.69) is 16.0 Å². The molecule has 0 saturated heterocycles. The van der Waals surface area contributed by atoms with Crippen LogP contribution in [0.3, 0.4) is 0 Å². The molecule has 0 aliphatic carbocycles. The molecule has 0 spiro atoms. The molecule has 3 unspecified atom stereocenters. The van der Waals surface area contributed by atoms with E-state index < -0.39 is 47.7 Å². The van der Waals surface area contributed by atoms with Gasteiger partial charge >= 0.3 is 5.97 Å². The summed E-state index contributed by atoms with van der Waals surface area (Å²) in [6.45, 7) is 0.986. The van der Waals surface area contributed by atoms with Gasteiger partial charge in [0.05, 0.1) is 12.6 Å². The summed E-state index contributed by atoms with van der Waals surface area (Å²) in [6, 6.07) is -3.08. The molecule has 0 radical (unpaired) electrons. The molecule has 154 valence electrons. The number of carbonyl (C=O) groups is 5. The summed E-state index contributed by atoms with van der Waals surface area (Å²) in [6.07, 6.45) is 1.98. The number of amides is 4. The van der Waals surface area contributed by atoms with Crippen molar-refractivity contribution in [2.24, 2.45) is 11.5 Å². The summed E-state index contributed by atoms with van der Waals surface area (Å²) in [7, 11) is 0. The molecular formula is C15H27N5O6S. The highest BCUT2D eigenvalue weighted by atomic mass is 32.2. The topological polar surface area (TPSA) is 194 Å². The van der Waals surface area contributed by atoms with Gasteiger partial charge in [-0.3, -0.25) is 19.2 Å². The fraction of sp³-hybridized carbons (Fsp3) is 0.667. The molecule has 0 aliphatic heterocycles. The van der Waals surface area contributed by atoms with Gasteiger partial charge in [0.1, 0.15) is 12.1 Å². The highest BCUT2D eigenvalue weighted by Gasteiger charge is 2.24. The minimum atomic E-state index is -1.32. The fourth-order valence-electron chi connectivity index (χ4n) is 1.87. The quantitative estimate of drug-likeness (QED) is 0.194. The van der Waals surface area contributed by atoms with Gasteiger partial charge in [-0.05, 0) is 31.8 Å². The molecule has 0 saturated carbocycles. The molecule has 27 heavy (non-hydrogen) atoms. The van der Waals surface area contributed by atoms with E-state index in [1.807, 2.05) is 6.26 Å². The van der Waals surface area contributed by atoms with Crippen molar-refractivity contribution in [3.8, 4) is 0 Å². The van der Waals surface area contributed by atoms with Crippen molar-refractivity contribution >= 4 is 41.4 Å². The number of carbonyl (C=O) groups excluding carboxylic acids is 4. The zero-order valence-corrected chi connectivity index (χ0v) is 16.1. The average molecular weight is 405 g/mol. The van der Waals surface area contributed by atoms with Crippen LogP contribution in [0.1, 0.15) is 26.2 Å². The van der Waals surface area contributed by atoms with Gasteiger partial charge in [-0.2, -0.15) is 11.8 Å². The second-order valence-electron chi connectivity index (χ2n) is 5.80. The molecule has 0 rings (SSSR count). The van der Waals surface area contributed by atoms with Gasteiger partial charge in [-0.25, -0.2) is 4.79 Å². The molecule has 11 nitrogen and oxygen atoms in total. The Morgan fingerprint density at radius 2 is 1.70 bits per heavy atom. The van der Waals surface area contributed by atoms with Crippen LogP contribution in [0.4, 0.5) is 0 Å². The number of carboxylic acid groups (broad SMARTS) is 1. The normalized spacial score (nSPS) is 13.7. The van der Waals surface area contributed by atoms with Crippen LogP contribution in [0, 0.1) is 0 Å². The van der Waals surface area contributed by atoms with Gasteiger partial charge < -0.3 is 32.5 Å². The van der Waals surface area contributed by atoms with E-state index >= 15 is 0 Å². The molecule has 0 bridgehead atoms. The van der Waals surface area contributed by atoms with Gasteiger partial charge in [0.2, 0.25) is 23.6 Å². The summed E-state index contributed by atoms with van der Waals surface area (Å²) >= 11 is 1.54. The summed E-state index contributed by atoms with van der Waals surface area (Å²) in [5, 5.41) is 16.0. The summed E-state index contributed by atoms with van der Waals surface area (Å²) in [4.78, 5) is 57.3. The zero-order valence-electron chi connectivity index (χ0n) is 15.3. The minimum absolute atomic E-state index is 0.166. The van der Waals surface area contributed by atoms with Gasteiger partial charge in [-0.1, -0.05) is 0 Å². The summed E-state index contributed by atoms with van der Waals surface area (Å²) in [5.74, 6) is -3.17. The smallest absolute Gasteiger partial charge is 0.326 e. The van der Waals surface area contributed by atoms with Crippen LogP contribution in [-0.2, 0) is 24.0 Å². The average Bonchev–Trinajstić information content (AvgIpc) is 2.60. The standard InChI is InChI=1S/C15H27N5O6S/c1-8(13(23)20-10(15(25)26)3-4-11(17)21)19-12(22)7-18-14(24)9(16)5-6-27-2/h8-10H,3-7,16H2,1-2H3,(H2,17,21)(H,18,24)(H,19,22)(H,20,23)(H,25,26). The Hall–Kier alpha value is -2.34. The minimum Gasteiger partial charge on any atom is -0.480 e. The Kier molecular flexibility index (Phi) is 11.8. The van der Waals surface area contributed by atoms with E-state index in [0.717, 1.165) is 0 Å². The maximum Gasteiger partial charge on any atom is 0.326 e. The van der Waals surface area contributed by atoms with Crippen LogP contribution in [0.15, 0.2) is 0 Å². The van der Waals surface area contributed by atoms with Crippen molar-refractivity contribution in [3.63, 3.8) is 0 Å². The highest BCUT2D eigenvalue weighted by molar-refractivity contribution is 7.98. The lowest BCUT2D eigenvalue weighted by Gasteiger charge is -2.18.